The predicted molar refractivity (Wildman–Crippen MR) is 146 cm³/mol. The van der Waals surface area contributed by atoms with E-state index in [1.54, 1.807) is 67.8 Å². The highest BCUT2D eigenvalue weighted by atomic mass is 16.7. The summed E-state index contributed by atoms with van der Waals surface area (Å²) in [6, 6.07) is 27.6. The number of rotatable bonds is 8. The lowest BCUT2D eigenvalue weighted by Crippen LogP contribution is -2.19. The zero-order chi connectivity index (χ0) is 28.0. The number of ketones is 1. The van der Waals surface area contributed by atoms with Gasteiger partial charge in [0.1, 0.15) is 23.0 Å². The van der Waals surface area contributed by atoms with E-state index < -0.39 is 6.16 Å². The van der Waals surface area contributed by atoms with Gasteiger partial charge in [0.25, 0.3) is 0 Å². The topological polar surface area (TPSA) is 88.1 Å². The molecule has 0 saturated heterocycles. The van der Waals surface area contributed by atoms with E-state index in [0.717, 1.165) is 11.1 Å². The van der Waals surface area contributed by atoms with Crippen molar-refractivity contribution in [2.75, 3.05) is 7.11 Å². The van der Waals surface area contributed by atoms with E-state index in [9.17, 15) is 14.4 Å². The maximum atomic E-state index is 12.7. The van der Waals surface area contributed by atoms with Gasteiger partial charge in [-0.15, -0.1) is 0 Å². The first-order valence-corrected chi connectivity index (χ1v) is 12.2. The molecule has 4 rings (SSSR count). The van der Waals surface area contributed by atoms with E-state index in [-0.39, 0.29) is 22.9 Å². The molecule has 7 heteroatoms. The van der Waals surface area contributed by atoms with Crippen LogP contribution in [-0.4, -0.2) is 25.0 Å². The fraction of sp³-hybridized carbons (Fsp3) is 0.156. The molecule has 0 aliphatic heterocycles. The van der Waals surface area contributed by atoms with Gasteiger partial charge in [-0.3, -0.25) is 9.59 Å². The summed E-state index contributed by atoms with van der Waals surface area (Å²) in [6.45, 7) is 5.50. The van der Waals surface area contributed by atoms with E-state index in [1.807, 2.05) is 24.3 Å². The van der Waals surface area contributed by atoms with Crippen LogP contribution in [0.25, 0.3) is 0 Å². The van der Waals surface area contributed by atoms with E-state index in [4.69, 9.17) is 18.9 Å². The maximum absolute atomic E-state index is 12.7. The smallest absolute Gasteiger partial charge is 0.497 e. The molecule has 4 aromatic rings. The molecule has 7 nitrogen and oxygen atoms in total. The Morgan fingerprint density at radius 2 is 0.897 bits per heavy atom. The number of benzene rings is 4. The molecule has 4 aromatic carbocycles. The molecule has 0 aliphatic carbocycles. The van der Waals surface area contributed by atoms with Crippen LogP contribution in [0.15, 0.2) is 97.1 Å². The molecule has 0 spiro atoms. The third-order valence-electron chi connectivity index (χ3n) is 6.28. The molecule has 0 atom stereocenters. The second kappa shape index (κ2) is 11.6. The number of ether oxygens (including phenoxy) is 4. The molecular weight excluding hydrogens is 496 g/mol. The van der Waals surface area contributed by atoms with Crippen LogP contribution in [-0.2, 0) is 10.2 Å². The second-order valence-corrected chi connectivity index (χ2v) is 9.30. The molecule has 198 valence electrons. The Morgan fingerprint density at radius 3 is 1.28 bits per heavy atom. The molecule has 0 fully saturated rings. The van der Waals surface area contributed by atoms with Gasteiger partial charge in [0.05, 0.1) is 7.11 Å². The zero-order valence-electron chi connectivity index (χ0n) is 22.1. The minimum atomic E-state index is -0.891. The largest absolute Gasteiger partial charge is 0.519 e. The normalized spacial score (nSPS) is 10.9. The van der Waals surface area contributed by atoms with E-state index >= 15 is 0 Å². The van der Waals surface area contributed by atoms with Crippen molar-refractivity contribution in [2.45, 2.75) is 26.2 Å². The standard InChI is InChI=1S/C32H28O7/c1-21(33)37-27-17-9-24(10-18-27)32(2,3)25-11-19-29(20-12-25)39-31(35)38-28-15-7-23(8-16-28)30(34)22-5-13-26(36-4)14-6-22/h5-20H,1-4H3. The molecule has 0 N–H and O–H groups in total. The monoisotopic (exact) mass is 524 g/mol. The van der Waals surface area contributed by atoms with Crippen LogP contribution in [0.4, 0.5) is 4.79 Å². The number of carbonyl (C=O) groups is 3. The van der Waals surface area contributed by atoms with Gasteiger partial charge in [-0.05, 0) is 83.9 Å². The third kappa shape index (κ3) is 6.70. The van der Waals surface area contributed by atoms with Crippen molar-refractivity contribution >= 4 is 17.9 Å². The summed E-state index contributed by atoms with van der Waals surface area (Å²) >= 11 is 0. The van der Waals surface area contributed by atoms with Crippen molar-refractivity contribution < 1.29 is 33.3 Å². The molecule has 0 heterocycles. The Kier molecular flexibility index (Phi) is 8.10. The SMILES string of the molecule is COc1ccc(C(=O)c2ccc(OC(=O)Oc3ccc(C(C)(C)c4ccc(OC(C)=O)cc4)cc3)cc2)cc1. The Balaban J connectivity index is 1.35. The number of carbonyl (C=O) groups excluding carboxylic acids is 3. The molecule has 0 saturated carbocycles. The van der Waals surface area contributed by atoms with Crippen LogP contribution >= 0.6 is 0 Å². The van der Waals surface area contributed by atoms with E-state index in [1.165, 1.54) is 19.1 Å². The van der Waals surface area contributed by atoms with Crippen molar-refractivity contribution in [3.05, 3.63) is 119 Å². The van der Waals surface area contributed by atoms with Crippen molar-refractivity contribution in [3.63, 3.8) is 0 Å². The highest BCUT2D eigenvalue weighted by Gasteiger charge is 2.23. The van der Waals surface area contributed by atoms with Gasteiger partial charge in [0.2, 0.25) is 0 Å². The van der Waals surface area contributed by atoms with Crippen LogP contribution < -0.4 is 18.9 Å². The van der Waals surface area contributed by atoms with Gasteiger partial charge in [-0.25, -0.2) is 4.79 Å². The van der Waals surface area contributed by atoms with Crippen LogP contribution in [0.1, 0.15) is 47.8 Å². The molecule has 0 aromatic heterocycles. The fourth-order valence-electron chi connectivity index (χ4n) is 4.01. The average Bonchev–Trinajstić information content (AvgIpc) is 2.93. The van der Waals surface area contributed by atoms with Gasteiger partial charge < -0.3 is 18.9 Å². The minimum Gasteiger partial charge on any atom is -0.497 e. The minimum absolute atomic E-state index is 0.157. The fourth-order valence-corrected chi connectivity index (χ4v) is 4.01. The molecule has 39 heavy (non-hydrogen) atoms. The number of hydrogen-bond donors (Lipinski definition) is 0. The van der Waals surface area contributed by atoms with Crippen molar-refractivity contribution in [3.8, 4) is 23.0 Å². The molecule has 0 amide bonds. The van der Waals surface area contributed by atoms with Gasteiger partial charge >= 0.3 is 12.1 Å². The summed E-state index contributed by atoms with van der Waals surface area (Å²) in [5.41, 5.74) is 2.66. The van der Waals surface area contributed by atoms with Crippen molar-refractivity contribution in [1.82, 2.24) is 0 Å². The lowest BCUT2D eigenvalue weighted by atomic mass is 9.78. The Labute approximate surface area is 226 Å². The Bertz CT molecular complexity index is 1450. The van der Waals surface area contributed by atoms with Crippen LogP contribution in [0.3, 0.4) is 0 Å². The number of esters is 1. The summed E-state index contributed by atoms with van der Waals surface area (Å²) in [5.74, 6) is 1.21. The van der Waals surface area contributed by atoms with Gasteiger partial charge in [0, 0.05) is 23.5 Å². The summed E-state index contributed by atoms with van der Waals surface area (Å²) < 4.78 is 20.8. The van der Waals surface area contributed by atoms with Crippen molar-refractivity contribution in [1.29, 1.82) is 0 Å². The summed E-state index contributed by atoms with van der Waals surface area (Å²) in [6.07, 6.45) is -0.891. The highest BCUT2D eigenvalue weighted by Crippen LogP contribution is 2.33. The van der Waals surface area contributed by atoms with E-state index in [2.05, 4.69) is 13.8 Å². The van der Waals surface area contributed by atoms with Crippen molar-refractivity contribution in [2.24, 2.45) is 0 Å². The predicted octanol–water partition coefficient (Wildman–Crippen LogP) is 6.76. The molecule has 0 bridgehead atoms. The summed E-state index contributed by atoms with van der Waals surface area (Å²) in [4.78, 5) is 36.2. The number of methoxy groups -OCH3 is 1. The third-order valence-corrected chi connectivity index (χ3v) is 6.28. The van der Waals surface area contributed by atoms with E-state index in [0.29, 0.717) is 28.4 Å². The van der Waals surface area contributed by atoms with Crippen LogP contribution in [0.5, 0.6) is 23.0 Å². The first-order chi connectivity index (χ1) is 18.7. The summed E-state index contributed by atoms with van der Waals surface area (Å²) in [7, 11) is 1.56. The van der Waals surface area contributed by atoms with Crippen LogP contribution in [0, 0.1) is 0 Å². The maximum Gasteiger partial charge on any atom is 0.519 e. The van der Waals surface area contributed by atoms with Gasteiger partial charge in [-0.2, -0.15) is 0 Å². The van der Waals surface area contributed by atoms with Crippen LogP contribution in [0.2, 0.25) is 0 Å². The molecular formula is C32H28O7. The molecule has 0 unspecified atom stereocenters. The second-order valence-electron chi connectivity index (χ2n) is 9.30. The lowest BCUT2D eigenvalue weighted by Gasteiger charge is -2.26. The molecule has 0 radical (unpaired) electrons. The first-order valence-electron chi connectivity index (χ1n) is 12.2. The van der Waals surface area contributed by atoms with Gasteiger partial charge in [0.15, 0.2) is 5.78 Å². The Hall–Kier alpha value is -4.91. The molecule has 0 aliphatic rings. The zero-order valence-corrected chi connectivity index (χ0v) is 22.1. The van der Waals surface area contributed by atoms with Gasteiger partial charge in [-0.1, -0.05) is 38.1 Å². The lowest BCUT2D eigenvalue weighted by molar-refractivity contribution is -0.131. The number of hydrogen-bond acceptors (Lipinski definition) is 7. The Morgan fingerprint density at radius 1 is 0.538 bits per heavy atom. The average molecular weight is 525 g/mol. The first kappa shape index (κ1) is 27.1. The summed E-state index contributed by atoms with van der Waals surface area (Å²) in [5, 5.41) is 0. The highest BCUT2D eigenvalue weighted by molar-refractivity contribution is 6.09. The quantitative estimate of drug-likeness (QED) is 0.109.